The molecule has 0 unspecified atom stereocenters. The number of hydrogen-bond donors (Lipinski definition) is 1. The van der Waals surface area contributed by atoms with Gasteiger partial charge in [-0.1, -0.05) is 23.8 Å². The molecular weight excluding hydrogens is 296 g/mol. The molecule has 4 heteroatoms. The zero-order chi connectivity index (χ0) is 16.1. The van der Waals surface area contributed by atoms with Crippen LogP contribution in [-0.4, -0.2) is 19.9 Å². The van der Waals surface area contributed by atoms with E-state index in [2.05, 4.69) is 58.3 Å². The molecule has 24 heavy (non-hydrogen) atoms. The number of pyridine rings is 2. The standard InChI is InChI=1S/C20H14N4/c1-12-5-2-6-13(11-12)20-23-18-14-7-3-9-21-16(14)17-15(19(18)24-20)8-4-10-22-17/h2-11H,1H3,(H,23,24). The second-order valence-corrected chi connectivity index (χ2v) is 5.98. The molecule has 3 heterocycles. The molecule has 114 valence electrons. The van der Waals surface area contributed by atoms with Gasteiger partial charge in [0.15, 0.2) is 0 Å². The number of aryl methyl sites for hydroxylation is 1. The van der Waals surface area contributed by atoms with Crippen LogP contribution in [0.5, 0.6) is 0 Å². The molecule has 0 saturated carbocycles. The van der Waals surface area contributed by atoms with Gasteiger partial charge >= 0.3 is 0 Å². The van der Waals surface area contributed by atoms with Gasteiger partial charge in [-0.25, -0.2) is 4.98 Å². The van der Waals surface area contributed by atoms with Crippen molar-refractivity contribution in [2.75, 3.05) is 0 Å². The zero-order valence-electron chi connectivity index (χ0n) is 13.1. The summed E-state index contributed by atoms with van der Waals surface area (Å²) < 4.78 is 0. The van der Waals surface area contributed by atoms with Crippen LogP contribution < -0.4 is 0 Å². The average Bonchev–Trinajstić information content (AvgIpc) is 3.08. The van der Waals surface area contributed by atoms with Crippen LogP contribution in [0, 0.1) is 6.92 Å². The molecule has 0 fully saturated rings. The van der Waals surface area contributed by atoms with Crippen molar-refractivity contribution in [2.45, 2.75) is 6.92 Å². The van der Waals surface area contributed by atoms with E-state index in [-0.39, 0.29) is 0 Å². The first-order valence-corrected chi connectivity index (χ1v) is 7.89. The number of aromatic amines is 1. The summed E-state index contributed by atoms with van der Waals surface area (Å²) in [6.07, 6.45) is 3.61. The number of aromatic nitrogens is 4. The summed E-state index contributed by atoms with van der Waals surface area (Å²) in [6, 6.07) is 16.4. The van der Waals surface area contributed by atoms with Crippen molar-refractivity contribution in [3.8, 4) is 11.4 Å². The monoisotopic (exact) mass is 310 g/mol. The maximum absolute atomic E-state index is 4.88. The van der Waals surface area contributed by atoms with Gasteiger partial charge in [0, 0.05) is 28.7 Å². The van der Waals surface area contributed by atoms with Gasteiger partial charge in [-0.2, -0.15) is 0 Å². The summed E-state index contributed by atoms with van der Waals surface area (Å²) in [6.45, 7) is 2.09. The topological polar surface area (TPSA) is 54.5 Å². The van der Waals surface area contributed by atoms with Gasteiger partial charge in [0.2, 0.25) is 0 Å². The molecule has 4 nitrogen and oxygen atoms in total. The molecule has 0 spiro atoms. The van der Waals surface area contributed by atoms with Gasteiger partial charge in [0.25, 0.3) is 0 Å². The van der Waals surface area contributed by atoms with Gasteiger partial charge in [-0.05, 0) is 37.3 Å². The average molecular weight is 310 g/mol. The molecule has 5 aromatic rings. The van der Waals surface area contributed by atoms with E-state index in [9.17, 15) is 0 Å². The number of nitrogens with zero attached hydrogens (tertiary/aromatic N) is 3. The third-order valence-electron chi connectivity index (χ3n) is 4.36. The molecule has 0 bridgehead atoms. The first kappa shape index (κ1) is 13.2. The van der Waals surface area contributed by atoms with Crippen LogP contribution in [0.3, 0.4) is 0 Å². The second kappa shape index (κ2) is 4.86. The Balaban J connectivity index is 1.95. The minimum atomic E-state index is 0.871. The molecule has 2 aromatic carbocycles. The maximum Gasteiger partial charge on any atom is 0.138 e. The normalized spacial score (nSPS) is 11.5. The fourth-order valence-corrected chi connectivity index (χ4v) is 3.27. The van der Waals surface area contributed by atoms with Crippen molar-refractivity contribution in [1.29, 1.82) is 0 Å². The van der Waals surface area contributed by atoms with Gasteiger partial charge < -0.3 is 4.98 Å². The maximum atomic E-state index is 4.88. The minimum Gasteiger partial charge on any atom is -0.337 e. The number of rotatable bonds is 1. The fraction of sp³-hybridized carbons (Fsp3) is 0.0500. The predicted octanol–water partition coefficient (Wildman–Crippen LogP) is 4.63. The van der Waals surface area contributed by atoms with Crippen LogP contribution >= 0.6 is 0 Å². The van der Waals surface area contributed by atoms with Crippen molar-refractivity contribution in [2.24, 2.45) is 0 Å². The lowest BCUT2D eigenvalue weighted by Gasteiger charge is -2.03. The minimum absolute atomic E-state index is 0.871. The quantitative estimate of drug-likeness (QED) is 0.459. The van der Waals surface area contributed by atoms with Crippen LogP contribution in [0.4, 0.5) is 0 Å². The largest absolute Gasteiger partial charge is 0.337 e. The summed E-state index contributed by atoms with van der Waals surface area (Å²) in [7, 11) is 0. The Hall–Kier alpha value is -3.27. The van der Waals surface area contributed by atoms with Crippen LogP contribution in [-0.2, 0) is 0 Å². The predicted molar refractivity (Wildman–Crippen MR) is 96.9 cm³/mol. The first-order chi connectivity index (χ1) is 11.8. The van der Waals surface area contributed by atoms with E-state index in [1.807, 2.05) is 12.1 Å². The van der Waals surface area contributed by atoms with E-state index in [0.717, 1.165) is 44.2 Å². The highest BCUT2D eigenvalue weighted by Gasteiger charge is 2.14. The Bertz CT molecular complexity index is 1150. The summed E-state index contributed by atoms with van der Waals surface area (Å²) in [5.41, 5.74) is 6.04. The zero-order valence-corrected chi connectivity index (χ0v) is 13.1. The summed E-state index contributed by atoms with van der Waals surface area (Å²) >= 11 is 0. The molecular formula is C20H14N4. The number of nitrogens with one attached hydrogen (secondary N) is 1. The molecule has 1 N–H and O–H groups in total. The molecule has 0 atom stereocenters. The lowest BCUT2D eigenvalue weighted by atomic mass is 10.1. The molecule has 3 aromatic heterocycles. The summed E-state index contributed by atoms with van der Waals surface area (Å²) in [5.74, 6) is 0.871. The lowest BCUT2D eigenvalue weighted by molar-refractivity contribution is 1.33. The van der Waals surface area contributed by atoms with E-state index in [1.165, 1.54) is 5.56 Å². The van der Waals surface area contributed by atoms with Crippen LogP contribution in [0.25, 0.3) is 44.2 Å². The molecule has 0 aliphatic rings. The lowest BCUT2D eigenvalue weighted by Crippen LogP contribution is -1.86. The highest BCUT2D eigenvalue weighted by molar-refractivity contribution is 6.20. The number of imidazole rings is 1. The molecule has 0 aliphatic heterocycles. The Morgan fingerprint density at radius 3 is 2.33 bits per heavy atom. The van der Waals surface area contributed by atoms with Crippen LogP contribution in [0.2, 0.25) is 0 Å². The third-order valence-corrected chi connectivity index (χ3v) is 4.36. The summed E-state index contributed by atoms with van der Waals surface area (Å²) in [4.78, 5) is 17.5. The van der Waals surface area contributed by atoms with E-state index < -0.39 is 0 Å². The Morgan fingerprint density at radius 2 is 1.54 bits per heavy atom. The van der Waals surface area contributed by atoms with Crippen molar-refractivity contribution in [3.63, 3.8) is 0 Å². The fourth-order valence-electron chi connectivity index (χ4n) is 3.27. The molecule has 5 rings (SSSR count). The van der Waals surface area contributed by atoms with Crippen molar-refractivity contribution in [3.05, 3.63) is 66.5 Å². The highest BCUT2D eigenvalue weighted by atomic mass is 14.9. The number of H-pyrrole nitrogens is 1. The van der Waals surface area contributed by atoms with Crippen LogP contribution in [0.15, 0.2) is 60.9 Å². The highest BCUT2D eigenvalue weighted by Crippen LogP contribution is 2.33. The van der Waals surface area contributed by atoms with Crippen LogP contribution in [0.1, 0.15) is 5.56 Å². The number of benzene rings is 2. The SMILES string of the molecule is Cc1cccc(-c2nc3c4cccnc4c4ncccc4c3[nH]2)c1. The first-order valence-electron chi connectivity index (χ1n) is 7.89. The smallest absolute Gasteiger partial charge is 0.138 e. The molecule has 0 aliphatic carbocycles. The summed E-state index contributed by atoms with van der Waals surface area (Å²) in [5, 5.41) is 2.07. The van der Waals surface area contributed by atoms with Crippen molar-refractivity contribution in [1.82, 2.24) is 19.9 Å². The number of fused-ring (bicyclic) bond motifs is 6. The third kappa shape index (κ3) is 1.83. The molecule has 0 radical (unpaired) electrons. The second-order valence-electron chi connectivity index (χ2n) is 5.98. The number of hydrogen-bond acceptors (Lipinski definition) is 3. The Morgan fingerprint density at radius 1 is 0.792 bits per heavy atom. The molecule has 0 saturated heterocycles. The Kier molecular flexibility index (Phi) is 2.67. The van der Waals surface area contributed by atoms with Gasteiger partial charge in [-0.15, -0.1) is 0 Å². The van der Waals surface area contributed by atoms with Crippen molar-refractivity contribution < 1.29 is 0 Å². The van der Waals surface area contributed by atoms with E-state index in [4.69, 9.17) is 4.98 Å². The van der Waals surface area contributed by atoms with Gasteiger partial charge in [0.1, 0.15) is 5.82 Å². The van der Waals surface area contributed by atoms with Crippen molar-refractivity contribution >= 4 is 32.8 Å². The van der Waals surface area contributed by atoms with Gasteiger partial charge in [-0.3, -0.25) is 9.97 Å². The van der Waals surface area contributed by atoms with Gasteiger partial charge in [0.05, 0.1) is 22.1 Å². The van der Waals surface area contributed by atoms with E-state index >= 15 is 0 Å². The van der Waals surface area contributed by atoms with E-state index in [0.29, 0.717) is 0 Å². The Labute approximate surface area is 138 Å². The van der Waals surface area contributed by atoms with E-state index in [1.54, 1.807) is 12.4 Å². The molecule has 0 amide bonds.